The van der Waals surface area contributed by atoms with Crippen LogP contribution >= 0.6 is 0 Å². The van der Waals surface area contributed by atoms with Gasteiger partial charge in [-0.05, 0) is 25.1 Å². The topological polar surface area (TPSA) is 93.5 Å². The number of non-ortho nitro benzene ring substituents is 1. The molecular formula is C17H16F3N3O4. The first-order valence-electron chi connectivity index (χ1n) is 7.69. The second-order valence-corrected chi connectivity index (χ2v) is 5.54. The zero-order valence-electron chi connectivity index (χ0n) is 14.3. The number of carbonyl (C=O) groups excluding carboxylic acids is 1. The van der Waals surface area contributed by atoms with Crippen molar-refractivity contribution >= 4 is 23.0 Å². The highest BCUT2D eigenvalue weighted by molar-refractivity contribution is 5.97. The minimum absolute atomic E-state index is 0.383. The number of ether oxygens (including phenoxy) is 1. The minimum Gasteiger partial charge on any atom is -0.495 e. The number of rotatable bonds is 6. The molecule has 27 heavy (non-hydrogen) atoms. The number of hydrogen-bond donors (Lipinski definition) is 2. The Balaban J connectivity index is 2.23. The van der Waals surface area contributed by atoms with Crippen molar-refractivity contribution in [2.75, 3.05) is 17.7 Å². The molecule has 0 heterocycles. The molecule has 0 unspecified atom stereocenters. The van der Waals surface area contributed by atoms with Crippen molar-refractivity contribution in [1.29, 1.82) is 0 Å². The van der Waals surface area contributed by atoms with Gasteiger partial charge in [-0.25, -0.2) is 0 Å². The Kier molecular flexibility index (Phi) is 5.88. The Morgan fingerprint density at radius 1 is 1.19 bits per heavy atom. The number of para-hydroxylation sites is 2. The average molecular weight is 383 g/mol. The van der Waals surface area contributed by atoms with E-state index in [2.05, 4.69) is 10.6 Å². The molecule has 0 fully saturated rings. The third-order valence-electron chi connectivity index (χ3n) is 3.65. The van der Waals surface area contributed by atoms with E-state index in [0.717, 1.165) is 12.1 Å². The third-order valence-corrected chi connectivity index (χ3v) is 3.65. The van der Waals surface area contributed by atoms with Crippen molar-refractivity contribution in [2.45, 2.75) is 19.1 Å². The van der Waals surface area contributed by atoms with E-state index in [9.17, 15) is 28.1 Å². The summed E-state index contributed by atoms with van der Waals surface area (Å²) < 4.78 is 44.7. The van der Waals surface area contributed by atoms with Crippen LogP contribution in [0.5, 0.6) is 5.75 Å². The van der Waals surface area contributed by atoms with Crippen molar-refractivity contribution in [3.63, 3.8) is 0 Å². The summed E-state index contributed by atoms with van der Waals surface area (Å²) in [5.74, 6) is -0.288. The van der Waals surface area contributed by atoms with Crippen molar-refractivity contribution in [3.05, 3.63) is 58.1 Å². The molecule has 2 aromatic carbocycles. The number of benzene rings is 2. The van der Waals surface area contributed by atoms with Gasteiger partial charge < -0.3 is 15.4 Å². The summed E-state index contributed by atoms with van der Waals surface area (Å²) in [5.41, 5.74) is -2.09. The van der Waals surface area contributed by atoms with Gasteiger partial charge in [0.15, 0.2) is 0 Å². The van der Waals surface area contributed by atoms with Gasteiger partial charge in [-0.3, -0.25) is 14.9 Å². The number of amides is 1. The number of nitrogens with zero attached hydrogens (tertiary/aromatic N) is 1. The maximum absolute atomic E-state index is 13.2. The van der Waals surface area contributed by atoms with E-state index in [4.69, 9.17) is 4.74 Å². The van der Waals surface area contributed by atoms with E-state index in [1.165, 1.54) is 14.0 Å². The van der Waals surface area contributed by atoms with Gasteiger partial charge in [-0.2, -0.15) is 13.2 Å². The fourth-order valence-corrected chi connectivity index (χ4v) is 2.29. The summed E-state index contributed by atoms with van der Waals surface area (Å²) in [6.45, 7) is 1.46. The lowest BCUT2D eigenvalue weighted by molar-refractivity contribution is -0.385. The van der Waals surface area contributed by atoms with Crippen molar-refractivity contribution in [1.82, 2.24) is 0 Å². The third kappa shape index (κ3) is 4.87. The van der Waals surface area contributed by atoms with Gasteiger partial charge in [0, 0.05) is 12.1 Å². The zero-order valence-corrected chi connectivity index (χ0v) is 14.3. The maximum atomic E-state index is 13.2. The molecule has 0 aliphatic rings. The molecular weight excluding hydrogens is 367 g/mol. The van der Waals surface area contributed by atoms with Gasteiger partial charge in [0.25, 0.3) is 5.69 Å². The first kappa shape index (κ1) is 20.0. The van der Waals surface area contributed by atoms with Crippen LogP contribution in [-0.2, 0) is 11.0 Å². The molecule has 1 amide bonds. The summed E-state index contributed by atoms with van der Waals surface area (Å²) in [5, 5.41) is 15.7. The highest BCUT2D eigenvalue weighted by Crippen LogP contribution is 2.37. The van der Waals surface area contributed by atoms with Gasteiger partial charge in [-0.15, -0.1) is 0 Å². The Hall–Kier alpha value is -3.30. The Bertz CT molecular complexity index is 856. The average Bonchev–Trinajstić information content (AvgIpc) is 2.61. The summed E-state index contributed by atoms with van der Waals surface area (Å²) in [6.07, 6.45) is -4.87. The molecule has 0 saturated carbocycles. The minimum atomic E-state index is -4.87. The lowest BCUT2D eigenvalue weighted by Crippen LogP contribution is -2.32. The highest BCUT2D eigenvalue weighted by Gasteiger charge is 2.36. The summed E-state index contributed by atoms with van der Waals surface area (Å²) in [4.78, 5) is 22.1. The van der Waals surface area contributed by atoms with Crippen LogP contribution in [0.2, 0.25) is 0 Å². The van der Waals surface area contributed by atoms with Crippen LogP contribution < -0.4 is 15.4 Å². The van der Waals surface area contributed by atoms with Gasteiger partial charge in [0.05, 0.1) is 29.0 Å². The first-order chi connectivity index (χ1) is 12.6. The molecule has 0 aromatic heterocycles. The first-order valence-corrected chi connectivity index (χ1v) is 7.69. The SMILES string of the molecule is COc1ccccc1N[C@H](C)C(=O)Nc1ccc([N+](=O)[O-])cc1C(F)(F)F. The molecule has 144 valence electrons. The molecule has 0 radical (unpaired) electrons. The molecule has 10 heteroatoms. The van der Waals surface area contributed by atoms with Gasteiger partial charge in [-0.1, -0.05) is 12.1 Å². The predicted molar refractivity (Wildman–Crippen MR) is 92.8 cm³/mol. The number of alkyl halides is 3. The fraction of sp³-hybridized carbons (Fsp3) is 0.235. The number of carbonyl (C=O) groups is 1. The van der Waals surface area contributed by atoms with Gasteiger partial charge in [0.2, 0.25) is 5.91 Å². The van der Waals surface area contributed by atoms with Crippen LogP contribution in [0, 0.1) is 10.1 Å². The maximum Gasteiger partial charge on any atom is 0.418 e. The van der Waals surface area contributed by atoms with Crippen LogP contribution in [0.25, 0.3) is 0 Å². The van der Waals surface area contributed by atoms with E-state index in [0.29, 0.717) is 17.5 Å². The molecule has 0 saturated heterocycles. The van der Waals surface area contributed by atoms with Crippen LogP contribution in [0.3, 0.4) is 0 Å². The van der Waals surface area contributed by atoms with Crippen LogP contribution in [0.4, 0.5) is 30.2 Å². The summed E-state index contributed by atoms with van der Waals surface area (Å²) in [6, 6.07) is 7.96. The number of halogens is 3. The quantitative estimate of drug-likeness (QED) is 0.580. The summed E-state index contributed by atoms with van der Waals surface area (Å²) >= 11 is 0. The van der Waals surface area contributed by atoms with E-state index >= 15 is 0 Å². The van der Waals surface area contributed by atoms with Crippen LogP contribution in [-0.4, -0.2) is 24.0 Å². The normalized spacial score (nSPS) is 12.2. The largest absolute Gasteiger partial charge is 0.495 e. The molecule has 0 bridgehead atoms. The smallest absolute Gasteiger partial charge is 0.418 e. The number of anilines is 2. The molecule has 1 atom stereocenters. The van der Waals surface area contributed by atoms with Crippen molar-refractivity contribution < 1.29 is 27.6 Å². The monoisotopic (exact) mass is 383 g/mol. The standard InChI is InChI=1S/C17H16F3N3O4/c1-10(21-14-5-3-4-6-15(14)27-2)16(24)22-13-8-7-11(23(25)26)9-12(13)17(18,19)20/h3-10,21H,1-2H3,(H,22,24)/t10-/m1/s1. The van der Waals surface area contributed by atoms with Gasteiger partial charge >= 0.3 is 6.18 Å². The second kappa shape index (κ2) is 7.94. The molecule has 7 nitrogen and oxygen atoms in total. The Morgan fingerprint density at radius 2 is 1.85 bits per heavy atom. The molecule has 2 N–H and O–H groups in total. The Labute approximate surface area is 152 Å². The Morgan fingerprint density at radius 3 is 2.44 bits per heavy atom. The number of nitro benzene ring substituents is 1. The van der Waals surface area contributed by atoms with Gasteiger partial charge in [0.1, 0.15) is 11.8 Å². The lowest BCUT2D eigenvalue weighted by Gasteiger charge is -2.19. The molecule has 0 aliphatic heterocycles. The zero-order chi connectivity index (χ0) is 20.2. The molecule has 2 aromatic rings. The number of methoxy groups -OCH3 is 1. The van der Waals surface area contributed by atoms with E-state index < -0.39 is 40.0 Å². The van der Waals surface area contributed by atoms with Crippen LogP contribution in [0.15, 0.2) is 42.5 Å². The summed E-state index contributed by atoms with van der Waals surface area (Å²) in [7, 11) is 1.44. The van der Waals surface area contributed by atoms with Crippen molar-refractivity contribution in [3.8, 4) is 5.75 Å². The van der Waals surface area contributed by atoms with E-state index in [1.54, 1.807) is 24.3 Å². The molecule has 2 rings (SSSR count). The van der Waals surface area contributed by atoms with E-state index in [-0.39, 0.29) is 0 Å². The fourth-order valence-electron chi connectivity index (χ4n) is 2.29. The van der Waals surface area contributed by atoms with E-state index in [1.807, 2.05) is 0 Å². The van der Waals surface area contributed by atoms with Crippen LogP contribution in [0.1, 0.15) is 12.5 Å². The van der Waals surface area contributed by atoms with Crippen molar-refractivity contribution in [2.24, 2.45) is 0 Å². The number of nitro groups is 1. The number of nitrogens with one attached hydrogen (secondary N) is 2. The second-order valence-electron chi connectivity index (χ2n) is 5.54. The number of hydrogen-bond acceptors (Lipinski definition) is 5. The lowest BCUT2D eigenvalue weighted by atomic mass is 10.1. The molecule has 0 aliphatic carbocycles. The highest BCUT2D eigenvalue weighted by atomic mass is 19.4. The molecule has 0 spiro atoms. The predicted octanol–water partition coefficient (Wildman–Crippen LogP) is 4.06.